The maximum Gasteiger partial charge on any atom is 0.249 e. The third-order valence-electron chi connectivity index (χ3n) is 12.2. The van der Waals surface area contributed by atoms with Crippen molar-refractivity contribution in [2.75, 3.05) is 13.2 Å². The quantitative estimate of drug-likeness (QED) is 0.0217. The Labute approximate surface area is 377 Å². The second-order valence-corrected chi connectivity index (χ2v) is 17.9. The van der Waals surface area contributed by atoms with E-state index in [2.05, 4.69) is 55.6 Å². The van der Waals surface area contributed by atoms with Crippen LogP contribution in [0.2, 0.25) is 0 Å². The van der Waals surface area contributed by atoms with Crippen LogP contribution in [0.5, 0.6) is 0 Å². The molecular weight excluding hydrogens is 787 g/mol. The highest BCUT2D eigenvalue weighted by Crippen LogP contribution is 2.23. The van der Waals surface area contributed by atoms with Gasteiger partial charge in [-0.15, -0.1) is 0 Å². The zero-order chi connectivity index (χ0) is 45.5. The van der Waals surface area contributed by atoms with Gasteiger partial charge in [0.25, 0.3) is 0 Å². The highest BCUT2D eigenvalue weighted by Gasteiger charge is 2.44. The van der Waals surface area contributed by atoms with Gasteiger partial charge in [-0.3, -0.25) is 4.79 Å². The van der Waals surface area contributed by atoms with Crippen LogP contribution in [0.3, 0.4) is 0 Å². The van der Waals surface area contributed by atoms with Crippen LogP contribution in [-0.2, 0) is 14.3 Å². The number of nitrogens with one attached hydrogen (secondary N) is 1. The summed E-state index contributed by atoms with van der Waals surface area (Å²) in [5.41, 5.74) is 0. The summed E-state index contributed by atoms with van der Waals surface area (Å²) >= 11 is 0. The molecule has 8 N–H and O–H groups in total. The van der Waals surface area contributed by atoms with Gasteiger partial charge < -0.3 is 50.5 Å². The van der Waals surface area contributed by atoms with E-state index in [0.29, 0.717) is 19.3 Å². The molecule has 0 spiro atoms. The Bertz CT molecular complexity index is 1100. The predicted molar refractivity (Wildman–Crippen MR) is 252 cm³/mol. The third kappa shape index (κ3) is 29.7. The zero-order valence-corrected chi connectivity index (χ0v) is 39.4. The molecular formula is C51H95NO10. The fourth-order valence-electron chi connectivity index (χ4n) is 7.94. The van der Waals surface area contributed by atoms with Crippen LogP contribution in [-0.4, -0.2) is 110 Å². The van der Waals surface area contributed by atoms with E-state index in [9.17, 15) is 40.5 Å². The van der Waals surface area contributed by atoms with Crippen LogP contribution >= 0.6 is 0 Å². The first-order valence-corrected chi connectivity index (χ1v) is 25.4. The lowest BCUT2D eigenvalue weighted by Gasteiger charge is -2.40. The summed E-state index contributed by atoms with van der Waals surface area (Å²) in [6, 6.07) is -1.19. The molecule has 11 nitrogen and oxygen atoms in total. The van der Waals surface area contributed by atoms with Crippen LogP contribution in [0.4, 0.5) is 0 Å². The largest absolute Gasteiger partial charge is 0.394 e. The Morgan fingerprint density at radius 1 is 0.548 bits per heavy atom. The minimum absolute atomic E-state index is 0.242. The van der Waals surface area contributed by atoms with Gasteiger partial charge in [0, 0.05) is 0 Å². The minimum atomic E-state index is -1.67. The first-order chi connectivity index (χ1) is 30.2. The van der Waals surface area contributed by atoms with Crippen LogP contribution in [0, 0.1) is 0 Å². The van der Waals surface area contributed by atoms with E-state index in [-0.39, 0.29) is 12.8 Å². The molecule has 1 aliphatic rings. The monoisotopic (exact) mass is 882 g/mol. The number of carbonyl (C=O) groups excluding carboxylic acids is 1. The molecule has 0 saturated carbocycles. The average molecular weight is 882 g/mol. The Balaban J connectivity index is 2.40. The van der Waals surface area contributed by atoms with Crippen molar-refractivity contribution in [3.63, 3.8) is 0 Å². The molecule has 0 aromatic heterocycles. The van der Waals surface area contributed by atoms with Gasteiger partial charge in [-0.2, -0.15) is 0 Å². The van der Waals surface area contributed by atoms with E-state index in [1.54, 1.807) is 0 Å². The maximum atomic E-state index is 13.1. The van der Waals surface area contributed by atoms with Crippen molar-refractivity contribution < 1.29 is 50.0 Å². The molecule has 0 aliphatic carbocycles. The maximum absolute atomic E-state index is 13.1. The number of hydrogen-bond acceptors (Lipinski definition) is 10. The third-order valence-corrected chi connectivity index (χ3v) is 12.2. The summed E-state index contributed by atoms with van der Waals surface area (Å²) in [5, 5.41) is 75.7. The lowest BCUT2D eigenvalue weighted by Crippen LogP contribution is -2.60. The molecule has 1 aliphatic heterocycles. The van der Waals surface area contributed by atoms with Crippen molar-refractivity contribution in [1.82, 2.24) is 5.32 Å². The number of rotatable bonds is 42. The van der Waals surface area contributed by atoms with Gasteiger partial charge in [-0.05, 0) is 64.2 Å². The minimum Gasteiger partial charge on any atom is -0.394 e. The average Bonchev–Trinajstić information content (AvgIpc) is 3.27. The van der Waals surface area contributed by atoms with Crippen LogP contribution in [0.15, 0.2) is 36.5 Å². The lowest BCUT2D eigenvalue weighted by atomic mass is 9.98. The summed E-state index contributed by atoms with van der Waals surface area (Å²) in [7, 11) is 0. The van der Waals surface area contributed by atoms with Crippen molar-refractivity contribution in [1.29, 1.82) is 0 Å². The molecule has 0 aromatic carbocycles. The van der Waals surface area contributed by atoms with Crippen LogP contribution < -0.4 is 5.32 Å². The molecule has 1 heterocycles. The van der Waals surface area contributed by atoms with Crippen molar-refractivity contribution in [3.05, 3.63) is 36.5 Å². The van der Waals surface area contributed by atoms with Crippen molar-refractivity contribution in [2.45, 2.75) is 268 Å². The molecule has 0 aromatic rings. The molecule has 1 rings (SSSR count). The van der Waals surface area contributed by atoms with Crippen LogP contribution in [0.1, 0.15) is 213 Å². The number of hydrogen-bond donors (Lipinski definition) is 8. The Hall–Kier alpha value is -1.67. The van der Waals surface area contributed by atoms with Gasteiger partial charge in [0.2, 0.25) is 5.91 Å². The van der Waals surface area contributed by atoms with Crippen LogP contribution in [0.25, 0.3) is 0 Å². The molecule has 1 fully saturated rings. The van der Waals surface area contributed by atoms with E-state index < -0.39 is 74.2 Å². The normalized spacial score (nSPS) is 21.6. The van der Waals surface area contributed by atoms with Gasteiger partial charge in [0.1, 0.15) is 36.6 Å². The second kappa shape index (κ2) is 40.8. The molecule has 62 heavy (non-hydrogen) atoms. The lowest BCUT2D eigenvalue weighted by molar-refractivity contribution is -0.303. The molecule has 11 heteroatoms. The first kappa shape index (κ1) is 58.3. The van der Waals surface area contributed by atoms with Gasteiger partial charge in [-0.1, -0.05) is 185 Å². The van der Waals surface area contributed by atoms with E-state index in [0.717, 1.165) is 44.9 Å². The number of amides is 1. The molecule has 9 atom stereocenters. The van der Waals surface area contributed by atoms with E-state index in [4.69, 9.17) is 9.47 Å². The number of unbranched alkanes of at least 4 members (excludes halogenated alkanes) is 24. The summed E-state index contributed by atoms with van der Waals surface area (Å²) in [5.74, 6) is -0.714. The van der Waals surface area contributed by atoms with E-state index >= 15 is 0 Å². The second-order valence-electron chi connectivity index (χ2n) is 17.9. The molecule has 9 unspecified atom stereocenters. The summed E-state index contributed by atoms with van der Waals surface area (Å²) in [6.45, 7) is 3.41. The summed E-state index contributed by atoms with van der Waals surface area (Å²) < 4.78 is 11.1. The topological polar surface area (TPSA) is 189 Å². The first-order valence-electron chi connectivity index (χ1n) is 25.4. The zero-order valence-electron chi connectivity index (χ0n) is 39.4. The van der Waals surface area contributed by atoms with Gasteiger partial charge >= 0.3 is 0 Å². The fraction of sp³-hybridized carbons (Fsp3) is 0.863. The number of ether oxygens (including phenoxy) is 2. The van der Waals surface area contributed by atoms with Crippen molar-refractivity contribution in [2.24, 2.45) is 0 Å². The number of aliphatic hydroxyl groups is 7. The predicted octanol–water partition coefficient (Wildman–Crippen LogP) is 9.17. The fourth-order valence-corrected chi connectivity index (χ4v) is 7.94. The van der Waals surface area contributed by atoms with Gasteiger partial charge in [0.05, 0.1) is 25.4 Å². The summed E-state index contributed by atoms with van der Waals surface area (Å²) in [4.78, 5) is 13.1. The SMILES string of the molecule is CCCCCCCCCCCCC/C=C/CC/C=C/CC/C=C/CCCC(O)C(O)C(COC1OC(CO)C(O)C(O)C1O)NC(=O)C(O)CCCCCCCCCCCCC. The van der Waals surface area contributed by atoms with E-state index in [1.807, 2.05) is 0 Å². The van der Waals surface area contributed by atoms with Gasteiger partial charge in [-0.25, -0.2) is 0 Å². The van der Waals surface area contributed by atoms with Crippen molar-refractivity contribution in [3.8, 4) is 0 Å². The highest BCUT2D eigenvalue weighted by molar-refractivity contribution is 5.80. The smallest absolute Gasteiger partial charge is 0.249 e. The van der Waals surface area contributed by atoms with Crippen molar-refractivity contribution >= 4 is 5.91 Å². The Kier molecular flexibility index (Phi) is 38.4. The standard InChI is InChI=1S/C51H95NO10/c1-3-5-7-9-11-13-15-16-17-18-19-20-21-22-23-24-25-26-27-29-30-32-34-36-38-43(54)46(56)42(41-61-51-49(59)48(58)47(57)45(40-53)62-51)52-50(60)44(55)39-37-35-33-31-28-14-12-10-8-6-4-2/h21-22,25-26,30,32,42-49,51,53-59H,3-20,23-24,27-29,31,33-41H2,1-2H3,(H,52,60)/b22-21+,26-25+,32-30+. The van der Waals surface area contributed by atoms with Gasteiger partial charge in [0.15, 0.2) is 6.29 Å². The molecule has 0 radical (unpaired) electrons. The highest BCUT2D eigenvalue weighted by atomic mass is 16.7. The Morgan fingerprint density at radius 3 is 1.44 bits per heavy atom. The number of aliphatic hydroxyl groups excluding tert-OH is 7. The molecule has 364 valence electrons. The number of carbonyl (C=O) groups is 1. The molecule has 0 bridgehead atoms. The summed E-state index contributed by atoms with van der Waals surface area (Å²) in [6.07, 6.45) is 36.4. The molecule has 1 saturated heterocycles. The number of allylic oxidation sites excluding steroid dienone is 6. The Morgan fingerprint density at radius 2 is 0.968 bits per heavy atom. The molecule has 1 amide bonds. The van der Waals surface area contributed by atoms with E-state index in [1.165, 1.54) is 122 Å².